The summed E-state index contributed by atoms with van der Waals surface area (Å²) in [5, 5.41) is 3.19. The van der Waals surface area contributed by atoms with E-state index in [1.54, 1.807) is 36.9 Å². The highest BCUT2D eigenvalue weighted by molar-refractivity contribution is 5.80. The normalized spacial score (nSPS) is 10.8. The molecule has 0 aliphatic carbocycles. The van der Waals surface area contributed by atoms with Gasteiger partial charge >= 0.3 is 5.76 Å². The number of rotatable bonds is 3. The number of H-pyrrole nitrogens is 1. The fraction of sp³-hybridized carbons (Fsp3) is 0. The molecule has 0 unspecified atom stereocenters. The molecule has 0 radical (unpaired) electrons. The van der Waals surface area contributed by atoms with Crippen LogP contribution in [0.3, 0.4) is 0 Å². The molecular weight excluding hydrogens is 294 g/mol. The zero-order valence-electron chi connectivity index (χ0n) is 11.9. The van der Waals surface area contributed by atoms with E-state index in [2.05, 4.69) is 25.3 Å². The second kappa shape index (κ2) is 5.38. The first-order valence-corrected chi connectivity index (χ1v) is 6.88. The number of hydrogen-bond acceptors (Lipinski definition) is 6. The molecular formula is C16H11N5O2. The van der Waals surface area contributed by atoms with Crippen LogP contribution in [0.2, 0.25) is 0 Å². The standard InChI is InChI=1S/C16H11N5O2/c22-16-21-14-2-1-10(4-15(14)23-16)11-3-12(6-17-5-11)20-13-7-18-9-19-8-13/h1-9,20H,(H,21,22). The average molecular weight is 305 g/mol. The Kier molecular flexibility index (Phi) is 3.09. The smallest absolute Gasteiger partial charge is 0.408 e. The number of anilines is 2. The van der Waals surface area contributed by atoms with Crippen LogP contribution in [0.4, 0.5) is 11.4 Å². The van der Waals surface area contributed by atoms with Crippen molar-refractivity contribution in [3.8, 4) is 11.1 Å². The van der Waals surface area contributed by atoms with Crippen LogP contribution in [0.1, 0.15) is 0 Å². The van der Waals surface area contributed by atoms with Crippen molar-refractivity contribution in [1.82, 2.24) is 19.9 Å². The molecule has 0 amide bonds. The van der Waals surface area contributed by atoms with Gasteiger partial charge in [0.25, 0.3) is 0 Å². The van der Waals surface area contributed by atoms with Crippen molar-refractivity contribution < 1.29 is 4.42 Å². The molecule has 0 atom stereocenters. The molecule has 3 aromatic heterocycles. The van der Waals surface area contributed by atoms with Gasteiger partial charge in [-0.3, -0.25) is 9.97 Å². The van der Waals surface area contributed by atoms with Gasteiger partial charge in [0.1, 0.15) is 6.33 Å². The Bertz CT molecular complexity index is 1020. The molecule has 112 valence electrons. The Labute approximate surface area is 130 Å². The van der Waals surface area contributed by atoms with Gasteiger partial charge < -0.3 is 9.73 Å². The summed E-state index contributed by atoms with van der Waals surface area (Å²) >= 11 is 0. The van der Waals surface area contributed by atoms with Crippen molar-refractivity contribution in [3.05, 3.63) is 65.9 Å². The molecule has 0 fully saturated rings. The Hall–Kier alpha value is -3.48. The minimum Gasteiger partial charge on any atom is -0.408 e. The lowest BCUT2D eigenvalue weighted by atomic mass is 10.1. The maximum absolute atomic E-state index is 11.2. The average Bonchev–Trinajstić information content (AvgIpc) is 2.95. The zero-order chi connectivity index (χ0) is 15.6. The number of oxazole rings is 1. The number of benzene rings is 1. The maximum Gasteiger partial charge on any atom is 0.417 e. The lowest BCUT2D eigenvalue weighted by molar-refractivity contribution is 0.555. The summed E-state index contributed by atoms with van der Waals surface area (Å²) in [5.74, 6) is -0.463. The minimum atomic E-state index is -0.463. The van der Waals surface area contributed by atoms with Gasteiger partial charge in [-0.25, -0.2) is 14.8 Å². The van der Waals surface area contributed by atoms with Gasteiger partial charge in [-0.1, -0.05) is 6.07 Å². The molecule has 7 heteroatoms. The number of nitrogens with one attached hydrogen (secondary N) is 2. The SMILES string of the molecule is O=c1[nH]c2ccc(-c3cncc(Nc4cncnc4)c3)cc2o1. The molecule has 0 aliphatic heterocycles. The van der Waals surface area contributed by atoms with Crippen LogP contribution in [0, 0.1) is 0 Å². The van der Waals surface area contributed by atoms with Crippen molar-refractivity contribution in [2.45, 2.75) is 0 Å². The fourth-order valence-electron chi connectivity index (χ4n) is 2.32. The maximum atomic E-state index is 11.2. The Morgan fingerprint density at radius 2 is 1.74 bits per heavy atom. The lowest BCUT2D eigenvalue weighted by Crippen LogP contribution is -1.93. The highest BCUT2D eigenvalue weighted by Gasteiger charge is 2.05. The zero-order valence-corrected chi connectivity index (χ0v) is 11.9. The Morgan fingerprint density at radius 1 is 0.913 bits per heavy atom. The summed E-state index contributed by atoms with van der Waals surface area (Å²) in [6.07, 6.45) is 8.30. The molecule has 0 saturated carbocycles. The summed E-state index contributed by atoms with van der Waals surface area (Å²) in [6, 6.07) is 7.46. The largest absolute Gasteiger partial charge is 0.417 e. The third kappa shape index (κ3) is 2.67. The van der Waals surface area contributed by atoms with E-state index >= 15 is 0 Å². The van der Waals surface area contributed by atoms with Gasteiger partial charge in [-0.2, -0.15) is 0 Å². The van der Waals surface area contributed by atoms with Gasteiger partial charge in [0.2, 0.25) is 0 Å². The van der Waals surface area contributed by atoms with E-state index in [-0.39, 0.29) is 0 Å². The summed E-state index contributed by atoms with van der Waals surface area (Å²) in [4.78, 5) is 26.0. The van der Waals surface area contributed by atoms with Crippen molar-refractivity contribution in [2.75, 3.05) is 5.32 Å². The highest BCUT2D eigenvalue weighted by Crippen LogP contribution is 2.25. The third-order valence-electron chi connectivity index (χ3n) is 3.34. The molecule has 23 heavy (non-hydrogen) atoms. The fourth-order valence-corrected chi connectivity index (χ4v) is 2.32. The topological polar surface area (TPSA) is 96.7 Å². The van der Waals surface area contributed by atoms with E-state index in [9.17, 15) is 4.79 Å². The van der Waals surface area contributed by atoms with Crippen LogP contribution in [0.5, 0.6) is 0 Å². The summed E-state index contributed by atoms with van der Waals surface area (Å²) in [7, 11) is 0. The van der Waals surface area contributed by atoms with Gasteiger partial charge in [0.15, 0.2) is 5.58 Å². The number of hydrogen-bond donors (Lipinski definition) is 2. The highest BCUT2D eigenvalue weighted by atomic mass is 16.4. The first-order valence-electron chi connectivity index (χ1n) is 6.88. The van der Waals surface area contributed by atoms with Crippen molar-refractivity contribution in [2.24, 2.45) is 0 Å². The second-order valence-electron chi connectivity index (χ2n) is 4.94. The van der Waals surface area contributed by atoms with Crippen LogP contribution in [-0.4, -0.2) is 19.9 Å². The molecule has 1 aromatic carbocycles. The monoisotopic (exact) mass is 305 g/mol. The molecule has 7 nitrogen and oxygen atoms in total. The molecule has 3 heterocycles. The quantitative estimate of drug-likeness (QED) is 0.604. The molecule has 0 bridgehead atoms. The molecule has 4 aromatic rings. The number of aromatic amines is 1. The van der Waals surface area contributed by atoms with Crippen LogP contribution >= 0.6 is 0 Å². The number of fused-ring (bicyclic) bond motifs is 1. The van der Waals surface area contributed by atoms with E-state index < -0.39 is 5.76 Å². The Balaban J connectivity index is 1.70. The summed E-state index contributed by atoms with van der Waals surface area (Å²) in [6.45, 7) is 0. The number of pyridine rings is 1. The molecule has 0 aliphatic rings. The van der Waals surface area contributed by atoms with Crippen LogP contribution < -0.4 is 11.1 Å². The van der Waals surface area contributed by atoms with Crippen molar-refractivity contribution >= 4 is 22.5 Å². The predicted octanol–water partition coefficient (Wildman–Crippen LogP) is 2.72. The van der Waals surface area contributed by atoms with E-state index in [1.807, 2.05) is 12.1 Å². The van der Waals surface area contributed by atoms with E-state index in [0.29, 0.717) is 11.1 Å². The van der Waals surface area contributed by atoms with Gasteiger partial charge in [-0.05, 0) is 23.8 Å². The lowest BCUT2D eigenvalue weighted by Gasteiger charge is -2.07. The van der Waals surface area contributed by atoms with Gasteiger partial charge in [0, 0.05) is 11.8 Å². The van der Waals surface area contributed by atoms with Crippen LogP contribution in [0.25, 0.3) is 22.2 Å². The van der Waals surface area contributed by atoms with Crippen LogP contribution in [0.15, 0.2) is 64.6 Å². The number of aromatic nitrogens is 4. The molecule has 0 saturated heterocycles. The van der Waals surface area contributed by atoms with Crippen LogP contribution in [-0.2, 0) is 0 Å². The van der Waals surface area contributed by atoms with Crippen molar-refractivity contribution in [1.29, 1.82) is 0 Å². The summed E-state index contributed by atoms with van der Waals surface area (Å²) in [5.41, 5.74) is 4.58. The first kappa shape index (κ1) is 13.2. The molecule has 4 rings (SSSR count). The Morgan fingerprint density at radius 3 is 2.61 bits per heavy atom. The van der Waals surface area contributed by atoms with E-state index in [0.717, 1.165) is 22.5 Å². The second-order valence-corrected chi connectivity index (χ2v) is 4.94. The van der Waals surface area contributed by atoms with E-state index in [4.69, 9.17) is 4.42 Å². The third-order valence-corrected chi connectivity index (χ3v) is 3.34. The molecule has 2 N–H and O–H groups in total. The van der Waals surface area contributed by atoms with E-state index in [1.165, 1.54) is 6.33 Å². The molecule has 0 spiro atoms. The summed E-state index contributed by atoms with van der Waals surface area (Å²) < 4.78 is 5.09. The first-order chi connectivity index (χ1) is 11.3. The number of nitrogens with zero attached hydrogens (tertiary/aromatic N) is 3. The van der Waals surface area contributed by atoms with Gasteiger partial charge in [-0.15, -0.1) is 0 Å². The van der Waals surface area contributed by atoms with Crippen molar-refractivity contribution in [3.63, 3.8) is 0 Å². The van der Waals surface area contributed by atoms with Gasteiger partial charge in [0.05, 0.1) is 35.5 Å². The predicted molar refractivity (Wildman–Crippen MR) is 85.4 cm³/mol. The minimum absolute atomic E-state index is 0.463.